The van der Waals surface area contributed by atoms with Gasteiger partial charge in [-0.2, -0.15) is 8.78 Å². The summed E-state index contributed by atoms with van der Waals surface area (Å²) in [5, 5.41) is 19.0. The van der Waals surface area contributed by atoms with Gasteiger partial charge in [0.2, 0.25) is 0 Å². The molecule has 0 bridgehead atoms. The van der Waals surface area contributed by atoms with Crippen LogP contribution < -0.4 is 4.74 Å². The summed E-state index contributed by atoms with van der Waals surface area (Å²) in [6.45, 7) is 0. The number of fused-ring (bicyclic) bond motifs is 1. The number of sulfone groups is 1. The molecule has 0 amide bonds. The number of aliphatic hydroxyl groups excluding tert-OH is 2. The average Bonchev–Trinajstić information content (AvgIpc) is 2.58. The number of rotatable bonds is 3. The highest BCUT2D eigenvalue weighted by Crippen LogP contribution is 2.57. The Bertz CT molecular complexity index is 743. The first kappa shape index (κ1) is 16.5. The van der Waals surface area contributed by atoms with Crippen molar-refractivity contribution in [3.8, 4) is 5.75 Å². The quantitative estimate of drug-likeness (QED) is 0.865. The van der Waals surface area contributed by atoms with E-state index >= 15 is 0 Å². The average molecular weight is 352 g/mol. The zero-order valence-corrected chi connectivity index (χ0v) is 12.9. The highest BCUT2D eigenvalue weighted by Gasteiger charge is 2.59. The van der Waals surface area contributed by atoms with E-state index < -0.39 is 56.3 Å². The van der Waals surface area contributed by atoms with Crippen molar-refractivity contribution in [3.63, 3.8) is 0 Å². The number of alkyl halides is 3. The van der Waals surface area contributed by atoms with E-state index in [0.717, 1.165) is 18.4 Å². The lowest BCUT2D eigenvalue weighted by Gasteiger charge is -2.32. The standard InChI is InChI=1S/C14H15F3O5S/c1-23(20,21)9-3-2-8(22-7-4-6(18)5-7)10-11(9)13(19)14(16,17)12(10)15/h2-3,6-7,12-13,18-19H,4-5H2,1H3/t6-,7+,12-,13+/m1/s1. The fourth-order valence-electron chi connectivity index (χ4n) is 2.90. The Kier molecular flexibility index (Phi) is 3.66. The molecule has 128 valence electrons. The van der Waals surface area contributed by atoms with Gasteiger partial charge < -0.3 is 14.9 Å². The maximum absolute atomic E-state index is 14.2. The lowest BCUT2D eigenvalue weighted by Crippen LogP contribution is -2.37. The molecule has 2 N–H and O–H groups in total. The number of hydrogen-bond donors (Lipinski definition) is 2. The summed E-state index contributed by atoms with van der Waals surface area (Å²) in [6.07, 6.45) is -5.10. The van der Waals surface area contributed by atoms with Crippen LogP contribution in [0.25, 0.3) is 0 Å². The third-order valence-electron chi connectivity index (χ3n) is 4.20. The Balaban J connectivity index is 2.12. The minimum Gasteiger partial charge on any atom is -0.490 e. The molecule has 9 heteroatoms. The van der Waals surface area contributed by atoms with Crippen molar-refractivity contribution >= 4 is 9.84 Å². The summed E-state index contributed by atoms with van der Waals surface area (Å²) >= 11 is 0. The predicted octanol–water partition coefficient (Wildman–Crippen LogP) is 1.69. The van der Waals surface area contributed by atoms with Gasteiger partial charge in [-0.15, -0.1) is 0 Å². The van der Waals surface area contributed by atoms with Gasteiger partial charge in [0.15, 0.2) is 16.0 Å². The molecule has 23 heavy (non-hydrogen) atoms. The molecule has 0 spiro atoms. The van der Waals surface area contributed by atoms with Crippen LogP contribution in [-0.2, 0) is 9.84 Å². The van der Waals surface area contributed by atoms with Gasteiger partial charge in [-0.05, 0) is 12.1 Å². The Labute approximate surface area is 130 Å². The number of halogens is 3. The van der Waals surface area contributed by atoms with Gasteiger partial charge in [-0.1, -0.05) is 0 Å². The summed E-state index contributed by atoms with van der Waals surface area (Å²) in [4.78, 5) is -0.541. The summed E-state index contributed by atoms with van der Waals surface area (Å²) in [5.74, 6) is -4.37. The van der Waals surface area contributed by atoms with Crippen LogP contribution in [0.2, 0.25) is 0 Å². The van der Waals surface area contributed by atoms with Gasteiger partial charge in [0.05, 0.1) is 11.0 Å². The molecule has 3 rings (SSSR count). The van der Waals surface area contributed by atoms with Crippen LogP contribution in [0.1, 0.15) is 36.2 Å². The molecule has 0 radical (unpaired) electrons. The molecule has 1 fully saturated rings. The predicted molar refractivity (Wildman–Crippen MR) is 73.0 cm³/mol. The van der Waals surface area contributed by atoms with E-state index in [-0.39, 0.29) is 18.6 Å². The zero-order chi connectivity index (χ0) is 17.2. The topological polar surface area (TPSA) is 83.8 Å². The first-order valence-corrected chi connectivity index (χ1v) is 8.84. The SMILES string of the molecule is CS(=O)(=O)c1ccc(O[C@H]2C[C@@H](O)C2)c2c1[C@H](O)C(F)(F)[C@@H]2F. The molecule has 1 saturated carbocycles. The minimum absolute atomic E-state index is 0.229. The Morgan fingerprint density at radius 1 is 1.22 bits per heavy atom. The molecular weight excluding hydrogens is 337 g/mol. The van der Waals surface area contributed by atoms with Gasteiger partial charge in [0, 0.05) is 30.2 Å². The van der Waals surface area contributed by atoms with Gasteiger partial charge in [0.1, 0.15) is 18.0 Å². The van der Waals surface area contributed by atoms with Crippen molar-refractivity contribution < 1.29 is 36.5 Å². The number of benzene rings is 1. The maximum atomic E-state index is 14.2. The van der Waals surface area contributed by atoms with Crippen molar-refractivity contribution in [1.82, 2.24) is 0 Å². The second-order valence-corrected chi connectivity index (χ2v) is 7.95. The summed E-state index contributed by atoms with van der Waals surface area (Å²) in [7, 11) is -3.94. The van der Waals surface area contributed by atoms with Gasteiger partial charge in [-0.3, -0.25) is 0 Å². The summed E-state index contributed by atoms with van der Waals surface area (Å²) in [5.41, 5.74) is -1.28. The van der Waals surface area contributed by atoms with Crippen LogP contribution in [0.5, 0.6) is 5.75 Å². The van der Waals surface area contributed by atoms with Crippen LogP contribution in [0.3, 0.4) is 0 Å². The van der Waals surface area contributed by atoms with Crippen LogP contribution in [0.4, 0.5) is 13.2 Å². The summed E-state index contributed by atoms with van der Waals surface area (Å²) < 4.78 is 70.8. The fourth-order valence-corrected chi connectivity index (χ4v) is 3.84. The zero-order valence-electron chi connectivity index (χ0n) is 12.0. The smallest absolute Gasteiger partial charge is 0.312 e. The van der Waals surface area contributed by atoms with Gasteiger partial charge in [-0.25, -0.2) is 12.8 Å². The molecular formula is C14H15F3O5S. The largest absolute Gasteiger partial charge is 0.490 e. The molecule has 1 aromatic carbocycles. The molecule has 5 nitrogen and oxygen atoms in total. The maximum Gasteiger partial charge on any atom is 0.312 e. The van der Waals surface area contributed by atoms with Gasteiger partial charge in [0.25, 0.3) is 0 Å². The first-order chi connectivity index (χ1) is 10.5. The highest BCUT2D eigenvalue weighted by atomic mass is 32.2. The Morgan fingerprint density at radius 2 is 1.83 bits per heavy atom. The fraction of sp³-hybridized carbons (Fsp3) is 0.571. The Morgan fingerprint density at radius 3 is 2.35 bits per heavy atom. The summed E-state index contributed by atoms with van der Waals surface area (Å²) in [6, 6.07) is 2.14. The molecule has 2 atom stereocenters. The van der Waals surface area contributed by atoms with E-state index in [0.29, 0.717) is 0 Å². The third kappa shape index (κ3) is 2.50. The molecule has 0 unspecified atom stereocenters. The highest BCUT2D eigenvalue weighted by molar-refractivity contribution is 7.90. The molecule has 0 saturated heterocycles. The second-order valence-electron chi connectivity index (χ2n) is 5.97. The lowest BCUT2D eigenvalue weighted by molar-refractivity contribution is -0.144. The van der Waals surface area contributed by atoms with E-state index in [4.69, 9.17) is 4.74 Å². The van der Waals surface area contributed by atoms with Crippen molar-refractivity contribution in [2.45, 2.75) is 48.1 Å². The van der Waals surface area contributed by atoms with Crippen molar-refractivity contribution in [3.05, 3.63) is 23.3 Å². The normalized spacial score (nSPS) is 32.3. The lowest BCUT2D eigenvalue weighted by atomic mass is 9.92. The minimum atomic E-state index is -4.14. The van der Waals surface area contributed by atoms with E-state index in [1.54, 1.807) is 0 Å². The molecule has 2 aliphatic carbocycles. The van der Waals surface area contributed by atoms with Crippen LogP contribution >= 0.6 is 0 Å². The van der Waals surface area contributed by atoms with Crippen LogP contribution in [0, 0.1) is 0 Å². The van der Waals surface area contributed by atoms with Crippen molar-refractivity contribution in [2.75, 3.05) is 6.26 Å². The van der Waals surface area contributed by atoms with Gasteiger partial charge >= 0.3 is 5.92 Å². The van der Waals surface area contributed by atoms with Crippen LogP contribution in [0.15, 0.2) is 17.0 Å². The molecule has 0 aromatic heterocycles. The molecule has 2 aliphatic rings. The number of hydrogen-bond acceptors (Lipinski definition) is 5. The number of aliphatic hydroxyl groups is 2. The molecule has 1 aromatic rings. The molecule has 0 aliphatic heterocycles. The molecule has 0 heterocycles. The van der Waals surface area contributed by atoms with E-state index in [2.05, 4.69) is 0 Å². The third-order valence-corrected chi connectivity index (χ3v) is 5.35. The van der Waals surface area contributed by atoms with Crippen molar-refractivity contribution in [2.24, 2.45) is 0 Å². The van der Waals surface area contributed by atoms with E-state index in [1.165, 1.54) is 0 Å². The monoisotopic (exact) mass is 352 g/mol. The van der Waals surface area contributed by atoms with Crippen molar-refractivity contribution in [1.29, 1.82) is 0 Å². The first-order valence-electron chi connectivity index (χ1n) is 6.95. The second kappa shape index (κ2) is 5.09. The van der Waals surface area contributed by atoms with Crippen LogP contribution in [-0.4, -0.2) is 43.0 Å². The Hall–Kier alpha value is -1.32. The number of ether oxygens (including phenoxy) is 1. The van der Waals surface area contributed by atoms with E-state index in [1.807, 2.05) is 0 Å². The van der Waals surface area contributed by atoms with E-state index in [9.17, 15) is 31.8 Å².